The van der Waals surface area contributed by atoms with Gasteiger partial charge in [0.1, 0.15) is 6.54 Å². The number of amides is 1. The zero-order valence-electron chi connectivity index (χ0n) is 24.1. The Morgan fingerprint density at radius 1 is 1.22 bits per heavy atom. The molecule has 3 heterocycles. The lowest BCUT2D eigenvalue weighted by atomic mass is 10.1. The molecular formula is C30H41F3N6O2. The summed E-state index contributed by atoms with van der Waals surface area (Å²) in [6, 6.07) is 3.65. The number of pyridine rings is 1. The fraction of sp³-hybridized carbons (Fsp3) is 0.433. The molecule has 1 fully saturated rings. The van der Waals surface area contributed by atoms with Crippen LogP contribution in [0.1, 0.15) is 46.1 Å². The average Bonchev–Trinajstić information content (AvgIpc) is 3.30. The normalized spacial score (nSPS) is 15.6. The second kappa shape index (κ2) is 16.5. The second-order valence-corrected chi connectivity index (χ2v) is 9.19. The highest BCUT2D eigenvalue weighted by atomic mass is 19.4. The molecule has 8 nitrogen and oxygen atoms in total. The molecule has 0 aromatic carbocycles. The number of likely N-dealkylation sites (tertiary alicyclic amines) is 1. The van der Waals surface area contributed by atoms with E-state index < -0.39 is 18.6 Å². The number of hydrogen-bond donors (Lipinski definition) is 2. The van der Waals surface area contributed by atoms with Crippen molar-refractivity contribution in [3.63, 3.8) is 0 Å². The lowest BCUT2D eigenvalue weighted by Gasteiger charge is -2.32. The van der Waals surface area contributed by atoms with Crippen molar-refractivity contribution >= 4 is 17.1 Å². The van der Waals surface area contributed by atoms with Crippen molar-refractivity contribution in [3.8, 4) is 0 Å². The van der Waals surface area contributed by atoms with Gasteiger partial charge < -0.3 is 4.90 Å². The Morgan fingerprint density at radius 2 is 1.90 bits per heavy atom. The Morgan fingerprint density at radius 3 is 2.51 bits per heavy atom. The third kappa shape index (κ3) is 10.0. The van der Waals surface area contributed by atoms with Crippen molar-refractivity contribution in [2.24, 2.45) is 0 Å². The van der Waals surface area contributed by atoms with Crippen LogP contribution in [0.15, 0.2) is 84.0 Å². The number of aromatic nitrogens is 3. The number of H-pyrrole nitrogens is 1. The fourth-order valence-corrected chi connectivity index (χ4v) is 4.48. The van der Waals surface area contributed by atoms with Crippen LogP contribution in [0.3, 0.4) is 0 Å². The molecule has 0 saturated carbocycles. The predicted octanol–water partition coefficient (Wildman–Crippen LogP) is 5.47. The lowest BCUT2D eigenvalue weighted by Crippen LogP contribution is -2.45. The molecule has 2 aromatic heterocycles. The molecule has 2 aromatic rings. The third-order valence-corrected chi connectivity index (χ3v) is 6.41. The number of allylic oxidation sites excluding steroid dienone is 7. The summed E-state index contributed by atoms with van der Waals surface area (Å²) in [6.07, 6.45) is 8.74. The van der Waals surface area contributed by atoms with E-state index in [-0.39, 0.29) is 18.3 Å². The molecule has 11 heteroatoms. The van der Waals surface area contributed by atoms with Gasteiger partial charge in [-0.2, -0.15) is 13.2 Å². The molecule has 1 aliphatic heterocycles. The summed E-state index contributed by atoms with van der Waals surface area (Å²) in [4.78, 5) is 35.0. The third-order valence-electron chi connectivity index (χ3n) is 6.41. The van der Waals surface area contributed by atoms with Crippen molar-refractivity contribution in [1.29, 1.82) is 0 Å². The topological polar surface area (TPSA) is 86.3 Å². The molecule has 0 spiro atoms. The number of hydrogen-bond acceptors (Lipinski definition) is 5. The van der Waals surface area contributed by atoms with Crippen LogP contribution in [0.5, 0.6) is 0 Å². The Bertz CT molecular complexity index is 1300. The first-order valence-electron chi connectivity index (χ1n) is 13.8. The molecule has 224 valence electrons. The zero-order chi connectivity index (χ0) is 30.4. The van der Waals surface area contributed by atoms with Crippen LogP contribution in [0, 0.1) is 0 Å². The van der Waals surface area contributed by atoms with Gasteiger partial charge in [-0.15, -0.1) is 0 Å². The molecule has 0 aliphatic carbocycles. The number of fused-ring (bicyclic) bond motifs is 1. The van der Waals surface area contributed by atoms with Gasteiger partial charge in [0.05, 0.1) is 12.1 Å². The number of halogens is 3. The van der Waals surface area contributed by atoms with Crippen LogP contribution in [0.2, 0.25) is 0 Å². The molecule has 0 atom stereocenters. The van der Waals surface area contributed by atoms with Crippen LogP contribution >= 0.6 is 0 Å². The lowest BCUT2D eigenvalue weighted by molar-refractivity contribution is -0.155. The molecule has 2 N–H and O–H groups in total. The Balaban J connectivity index is 0.00000287. The number of nitrogens with one attached hydrogen (secondary N) is 2. The predicted molar refractivity (Wildman–Crippen MR) is 158 cm³/mol. The maximum atomic E-state index is 13.3. The van der Waals surface area contributed by atoms with Gasteiger partial charge in [-0.25, -0.2) is 9.78 Å². The number of aromatic amines is 1. The smallest absolute Gasteiger partial charge is 0.308 e. The molecule has 0 bridgehead atoms. The van der Waals surface area contributed by atoms with E-state index in [0.717, 1.165) is 18.1 Å². The van der Waals surface area contributed by atoms with Gasteiger partial charge in [-0.1, -0.05) is 64.3 Å². The van der Waals surface area contributed by atoms with Crippen LogP contribution < -0.4 is 11.0 Å². The monoisotopic (exact) mass is 574 g/mol. The molecule has 3 rings (SSSR count). The second-order valence-electron chi connectivity index (χ2n) is 9.19. The summed E-state index contributed by atoms with van der Waals surface area (Å²) >= 11 is 0. The van der Waals surface area contributed by atoms with Crippen LogP contribution in [0.25, 0.3) is 11.2 Å². The van der Waals surface area contributed by atoms with Crippen molar-refractivity contribution < 1.29 is 18.0 Å². The van der Waals surface area contributed by atoms with E-state index in [9.17, 15) is 22.8 Å². The van der Waals surface area contributed by atoms with Gasteiger partial charge in [0.25, 0.3) is 0 Å². The van der Waals surface area contributed by atoms with Gasteiger partial charge >= 0.3 is 11.9 Å². The summed E-state index contributed by atoms with van der Waals surface area (Å²) < 4.78 is 41.6. The van der Waals surface area contributed by atoms with Crippen LogP contribution in [-0.2, 0) is 4.79 Å². The van der Waals surface area contributed by atoms with E-state index in [1.807, 2.05) is 32.9 Å². The molecular weight excluding hydrogens is 533 g/mol. The molecule has 0 radical (unpaired) electrons. The summed E-state index contributed by atoms with van der Waals surface area (Å²) in [5.74, 6) is -0.716. The van der Waals surface area contributed by atoms with Crippen LogP contribution in [-0.4, -0.2) is 69.3 Å². The van der Waals surface area contributed by atoms with Gasteiger partial charge in [0.2, 0.25) is 5.91 Å². The summed E-state index contributed by atoms with van der Waals surface area (Å²) in [7, 11) is 0. The number of piperidine rings is 1. The van der Waals surface area contributed by atoms with E-state index in [1.165, 1.54) is 12.2 Å². The van der Waals surface area contributed by atoms with E-state index in [1.54, 1.807) is 29.0 Å². The Labute approximate surface area is 239 Å². The molecule has 1 amide bonds. The molecule has 41 heavy (non-hydrogen) atoms. The first kappa shape index (κ1) is 33.5. The maximum absolute atomic E-state index is 13.3. The van der Waals surface area contributed by atoms with Crippen molar-refractivity contribution in [2.45, 2.75) is 52.3 Å². The highest BCUT2D eigenvalue weighted by molar-refractivity contribution is 5.79. The fourth-order valence-electron chi connectivity index (χ4n) is 4.48. The standard InChI is InChI=1S/C28H35F3N6O2.C2H6/c1-4-7-8-10-21(5-2)22(6-3)18-36(19-28(29,30)31)25(38)17-32-20-35-15-12-23(13-16-35)37-24-11-9-14-33-26(24)34-27(37)39;1-2/h5-11,14,18,23,32H,2-4,12-13,15-17,19-20H2,1H3,(H,33,34,39);1-2H3/b8-7+,21-10+,22-18+;. The minimum Gasteiger partial charge on any atom is -0.308 e. The first-order chi connectivity index (χ1) is 19.7. The number of carbonyl (C=O) groups excluding carboxylic acids is 1. The summed E-state index contributed by atoms with van der Waals surface area (Å²) in [5, 5.41) is 2.97. The highest BCUT2D eigenvalue weighted by Gasteiger charge is 2.32. The van der Waals surface area contributed by atoms with E-state index in [2.05, 4.69) is 33.3 Å². The Kier molecular flexibility index (Phi) is 13.5. The summed E-state index contributed by atoms with van der Waals surface area (Å²) in [5.41, 5.74) is 2.02. The highest BCUT2D eigenvalue weighted by Crippen LogP contribution is 2.24. The first-order valence-corrected chi connectivity index (χ1v) is 13.8. The number of rotatable bonds is 12. The quantitative estimate of drug-likeness (QED) is 0.328. The average molecular weight is 575 g/mol. The molecule has 1 saturated heterocycles. The number of nitrogens with zero attached hydrogens (tertiary/aromatic N) is 4. The maximum Gasteiger partial charge on any atom is 0.406 e. The van der Waals surface area contributed by atoms with Gasteiger partial charge in [0.15, 0.2) is 5.65 Å². The van der Waals surface area contributed by atoms with Crippen LogP contribution in [0.4, 0.5) is 13.2 Å². The van der Waals surface area contributed by atoms with E-state index in [4.69, 9.17) is 0 Å². The zero-order valence-corrected chi connectivity index (χ0v) is 24.1. The number of carbonyl (C=O) groups is 1. The SMILES string of the molecule is C=CC(=C\C=C\CC)/C(C=C)=C/N(CC(F)(F)F)C(=O)CNCN1CCC(n2c(=O)[nH]c3ncccc32)CC1.CC. The van der Waals surface area contributed by atoms with Gasteiger partial charge in [-0.3, -0.25) is 24.6 Å². The number of alkyl halides is 3. The van der Waals surface area contributed by atoms with Crippen molar-refractivity contribution in [2.75, 3.05) is 32.8 Å². The van der Waals surface area contributed by atoms with Gasteiger partial charge in [-0.05, 0) is 42.5 Å². The molecule has 0 unspecified atom stereocenters. The molecule has 1 aliphatic rings. The van der Waals surface area contributed by atoms with E-state index in [0.29, 0.717) is 54.3 Å². The largest absolute Gasteiger partial charge is 0.406 e. The summed E-state index contributed by atoms with van der Waals surface area (Å²) in [6.45, 7) is 13.3. The van der Waals surface area contributed by atoms with Gasteiger partial charge in [0, 0.05) is 38.2 Å². The van der Waals surface area contributed by atoms with E-state index >= 15 is 0 Å². The van der Waals surface area contributed by atoms with Crippen molar-refractivity contribution in [3.05, 3.63) is 89.7 Å². The number of imidazole rings is 1. The minimum absolute atomic E-state index is 0.0114. The Hall–Kier alpha value is -3.70. The van der Waals surface area contributed by atoms with Crippen molar-refractivity contribution in [1.82, 2.24) is 29.7 Å². The minimum atomic E-state index is -4.57.